The number of hydrogen-bond donors (Lipinski definition) is 2. The van der Waals surface area contributed by atoms with Gasteiger partial charge in [-0.3, -0.25) is 4.79 Å². The molecule has 0 atom stereocenters. The molecule has 0 bridgehead atoms. The van der Waals surface area contributed by atoms with E-state index in [0.29, 0.717) is 5.56 Å². The van der Waals surface area contributed by atoms with Crippen molar-refractivity contribution in [1.82, 2.24) is 0 Å². The van der Waals surface area contributed by atoms with Crippen LogP contribution in [-0.4, -0.2) is 12.5 Å². The van der Waals surface area contributed by atoms with E-state index in [1.54, 1.807) is 6.07 Å². The Labute approximate surface area is 116 Å². The van der Waals surface area contributed by atoms with Crippen LogP contribution < -0.4 is 11.1 Å². The lowest BCUT2D eigenvalue weighted by Crippen LogP contribution is -2.20. The van der Waals surface area contributed by atoms with Crippen LogP contribution >= 0.6 is 15.9 Å². The van der Waals surface area contributed by atoms with Gasteiger partial charge in [-0.05, 0) is 37.0 Å². The molecule has 98 valence electrons. The second-order valence-corrected chi connectivity index (χ2v) is 5.85. The van der Waals surface area contributed by atoms with E-state index in [-0.39, 0.29) is 5.91 Å². The molecule has 3 N–H and O–H groups in total. The zero-order valence-electron chi connectivity index (χ0n) is 10.4. The van der Waals surface area contributed by atoms with Gasteiger partial charge in [0.2, 0.25) is 0 Å². The summed E-state index contributed by atoms with van der Waals surface area (Å²) in [5.74, 6) is 0.338. The van der Waals surface area contributed by atoms with Gasteiger partial charge in [-0.2, -0.15) is 0 Å². The number of benzene rings is 1. The van der Waals surface area contributed by atoms with E-state index in [1.165, 1.54) is 32.1 Å². The number of halogens is 1. The molecule has 0 unspecified atom stereocenters. The number of carbonyl (C=O) groups excluding carboxylic acids is 1. The predicted molar refractivity (Wildman–Crippen MR) is 77.7 cm³/mol. The van der Waals surface area contributed by atoms with E-state index in [1.807, 2.05) is 12.1 Å². The Hall–Kier alpha value is -1.03. The number of anilines is 1. The molecule has 0 aromatic heterocycles. The molecule has 1 aliphatic carbocycles. The third kappa shape index (κ3) is 3.48. The van der Waals surface area contributed by atoms with Gasteiger partial charge in [-0.15, -0.1) is 0 Å². The van der Waals surface area contributed by atoms with Crippen molar-refractivity contribution >= 4 is 27.5 Å². The molecule has 2 rings (SSSR count). The minimum Gasteiger partial charge on any atom is -0.384 e. The fourth-order valence-corrected chi connectivity index (χ4v) is 2.88. The van der Waals surface area contributed by atoms with Crippen molar-refractivity contribution in [2.24, 2.45) is 11.7 Å². The summed E-state index contributed by atoms with van der Waals surface area (Å²) >= 11 is 3.36. The molecule has 1 saturated carbocycles. The molecule has 3 nitrogen and oxygen atoms in total. The maximum Gasteiger partial charge on any atom is 0.250 e. The molecule has 1 aliphatic rings. The lowest BCUT2D eigenvalue weighted by Gasteiger charge is -2.22. The highest BCUT2D eigenvalue weighted by Crippen LogP contribution is 2.25. The molecule has 0 spiro atoms. The zero-order chi connectivity index (χ0) is 13.0. The lowest BCUT2D eigenvalue weighted by atomic mass is 9.89. The highest BCUT2D eigenvalue weighted by Gasteiger charge is 2.14. The van der Waals surface area contributed by atoms with E-state index >= 15 is 0 Å². The summed E-state index contributed by atoms with van der Waals surface area (Å²) < 4.78 is 0.875. The third-order valence-electron chi connectivity index (χ3n) is 3.55. The molecule has 0 radical (unpaired) electrons. The van der Waals surface area contributed by atoms with Crippen molar-refractivity contribution in [1.29, 1.82) is 0 Å². The second-order valence-electron chi connectivity index (χ2n) is 4.94. The molecule has 0 heterocycles. The Kier molecular flexibility index (Phi) is 4.64. The first kappa shape index (κ1) is 13.4. The zero-order valence-corrected chi connectivity index (χ0v) is 12.0. The SMILES string of the molecule is NC(=O)c1cc(Br)ccc1NCC1CCCCC1. The Morgan fingerprint density at radius 3 is 2.72 bits per heavy atom. The number of nitrogens with one attached hydrogen (secondary N) is 1. The summed E-state index contributed by atoms with van der Waals surface area (Å²) in [6.45, 7) is 0.932. The quantitative estimate of drug-likeness (QED) is 0.893. The van der Waals surface area contributed by atoms with Crippen molar-refractivity contribution in [3.8, 4) is 0 Å². The number of primary amides is 1. The van der Waals surface area contributed by atoms with E-state index in [0.717, 1.165) is 22.6 Å². The summed E-state index contributed by atoms with van der Waals surface area (Å²) in [7, 11) is 0. The molecule has 1 aromatic carbocycles. The first-order valence-corrected chi connectivity index (χ1v) is 7.29. The molecule has 18 heavy (non-hydrogen) atoms. The second kappa shape index (κ2) is 6.23. The van der Waals surface area contributed by atoms with Crippen LogP contribution in [0.1, 0.15) is 42.5 Å². The van der Waals surface area contributed by atoms with Gasteiger partial charge in [0, 0.05) is 16.7 Å². The minimum atomic E-state index is -0.387. The Morgan fingerprint density at radius 1 is 1.33 bits per heavy atom. The van der Waals surface area contributed by atoms with Crippen LogP contribution in [0.5, 0.6) is 0 Å². The molecule has 4 heteroatoms. The highest BCUT2D eigenvalue weighted by atomic mass is 79.9. The Bertz CT molecular complexity index is 428. The summed E-state index contributed by atoms with van der Waals surface area (Å²) in [5, 5.41) is 3.37. The van der Waals surface area contributed by atoms with Crippen LogP contribution in [0.4, 0.5) is 5.69 Å². The molecular weight excluding hydrogens is 292 g/mol. The Balaban J connectivity index is 2.01. The number of nitrogens with two attached hydrogens (primary N) is 1. The monoisotopic (exact) mass is 310 g/mol. The van der Waals surface area contributed by atoms with Crippen molar-refractivity contribution in [2.75, 3.05) is 11.9 Å². The first-order valence-electron chi connectivity index (χ1n) is 6.50. The van der Waals surface area contributed by atoms with Crippen molar-refractivity contribution in [3.05, 3.63) is 28.2 Å². The van der Waals surface area contributed by atoms with Crippen molar-refractivity contribution in [3.63, 3.8) is 0 Å². The van der Waals surface area contributed by atoms with Crippen LogP contribution in [0.25, 0.3) is 0 Å². The van der Waals surface area contributed by atoms with Crippen molar-refractivity contribution < 1.29 is 4.79 Å². The van der Waals surface area contributed by atoms with Gasteiger partial charge in [0.05, 0.1) is 5.56 Å². The third-order valence-corrected chi connectivity index (χ3v) is 4.05. The summed E-state index contributed by atoms with van der Waals surface area (Å²) in [5.41, 5.74) is 6.79. The number of carbonyl (C=O) groups is 1. The van der Waals surface area contributed by atoms with Crippen LogP contribution in [0, 0.1) is 5.92 Å². The fourth-order valence-electron chi connectivity index (χ4n) is 2.52. The van der Waals surface area contributed by atoms with Crippen LogP contribution in [0.2, 0.25) is 0 Å². The lowest BCUT2D eigenvalue weighted by molar-refractivity contribution is 0.100. The standard InChI is InChI=1S/C14H19BrN2O/c15-11-6-7-13(12(8-11)14(16)18)17-9-10-4-2-1-3-5-10/h6-8,10,17H,1-5,9H2,(H2,16,18). The van der Waals surface area contributed by atoms with Crippen molar-refractivity contribution in [2.45, 2.75) is 32.1 Å². The molecule has 1 aromatic rings. The molecule has 0 saturated heterocycles. The minimum absolute atomic E-state index is 0.387. The van der Waals surface area contributed by atoms with Gasteiger partial charge in [-0.25, -0.2) is 0 Å². The van der Waals surface area contributed by atoms with E-state index < -0.39 is 0 Å². The van der Waals surface area contributed by atoms with Gasteiger partial charge >= 0.3 is 0 Å². The fraction of sp³-hybridized carbons (Fsp3) is 0.500. The summed E-state index contributed by atoms with van der Waals surface area (Å²) in [6, 6.07) is 5.61. The number of amides is 1. The van der Waals surface area contributed by atoms with Gasteiger partial charge in [-0.1, -0.05) is 35.2 Å². The number of hydrogen-bond acceptors (Lipinski definition) is 2. The molecular formula is C14H19BrN2O. The van der Waals surface area contributed by atoms with Crippen LogP contribution in [0.15, 0.2) is 22.7 Å². The molecule has 1 fully saturated rings. The first-order chi connectivity index (χ1) is 8.66. The van der Waals surface area contributed by atoms with Crippen LogP contribution in [0.3, 0.4) is 0 Å². The maximum atomic E-state index is 11.4. The van der Waals surface area contributed by atoms with Crippen LogP contribution in [-0.2, 0) is 0 Å². The molecule has 1 amide bonds. The van der Waals surface area contributed by atoms with E-state index in [9.17, 15) is 4.79 Å². The normalized spacial score (nSPS) is 16.5. The largest absolute Gasteiger partial charge is 0.384 e. The van der Waals surface area contributed by atoms with Gasteiger partial charge in [0.1, 0.15) is 0 Å². The highest BCUT2D eigenvalue weighted by molar-refractivity contribution is 9.10. The average molecular weight is 311 g/mol. The maximum absolute atomic E-state index is 11.4. The van der Waals surface area contributed by atoms with Gasteiger partial charge < -0.3 is 11.1 Å². The summed E-state index contributed by atoms with van der Waals surface area (Å²) in [6.07, 6.45) is 6.59. The van der Waals surface area contributed by atoms with E-state index in [2.05, 4.69) is 21.2 Å². The van der Waals surface area contributed by atoms with Gasteiger partial charge in [0.25, 0.3) is 5.91 Å². The number of rotatable bonds is 4. The molecule has 0 aliphatic heterocycles. The van der Waals surface area contributed by atoms with Gasteiger partial charge in [0.15, 0.2) is 0 Å². The smallest absolute Gasteiger partial charge is 0.250 e. The summed E-state index contributed by atoms with van der Waals surface area (Å²) in [4.78, 5) is 11.4. The predicted octanol–water partition coefficient (Wildman–Crippen LogP) is 3.54. The van der Waals surface area contributed by atoms with E-state index in [4.69, 9.17) is 5.73 Å². The Morgan fingerprint density at radius 2 is 2.06 bits per heavy atom. The topological polar surface area (TPSA) is 55.1 Å². The average Bonchev–Trinajstić information content (AvgIpc) is 2.38.